The number of halogens is 1. The average Bonchev–Trinajstić information content (AvgIpc) is 2.95. The number of hydrogen-bond acceptors (Lipinski definition) is 8. The molecular formula is C31H50FN7O3. The van der Waals surface area contributed by atoms with E-state index in [0.717, 1.165) is 64.7 Å². The number of aromatic nitrogens is 1. The lowest BCUT2D eigenvalue weighted by molar-refractivity contribution is -0.138. The van der Waals surface area contributed by atoms with Crippen molar-refractivity contribution in [2.45, 2.75) is 96.1 Å². The molecule has 0 aromatic carbocycles. The van der Waals surface area contributed by atoms with Crippen molar-refractivity contribution in [1.29, 1.82) is 0 Å². The van der Waals surface area contributed by atoms with E-state index in [-0.39, 0.29) is 29.3 Å². The molecule has 3 heterocycles. The van der Waals surface area contributed by atoms with Gasteiger partial charge < -0.3 is 31.3 Å². The van der Waals surface area contributed by atoms with Crippen LogP contribution in [-0.4, -0.2) is 90.5 Å². The molecule has 0 spiro atoms. The van der Waals surface area contributed by atoms with Crippen molar-refractivity contribution in [2.24, 2.45) is 33.7 Å². The molecule has 2 aliphatic heterocycles. The molecule has 10 nitrogen and oxygen atoms in total. The van der Waals surface area contributed by atoms with Crippen molar-refractivity contribution in [1.82, 2.24) is 14.8 Å². The quantitative estimate of drug-likeness (QED) is 0.377. The van der Waals surface area contributed by atoms with Gasteiger partial charge in [-0.15, -0.1) is 0 Å². The third-order valence-corrected chi connectivity index (χ3v) is 9.32. The second kappa shape index (κ2) is 14.7. The Balaban J connectivity index is 1.40. The van der Waals surface area contributed by atoms with Crippen LogP contribution < -0.4 is 21.5 Å². The number of amides is 2. The fourth-order valence-corrected chi connectivity index (χ4v) is 6.77. The summed E-state index contributed by atoms with van der Waals surface area (Å²) < 4.78 is 20.8. The van der Waals surface area contributed by atoms with Crippen molar-refractivity contribution in [2.75, 3.05) is 38.5 Å². The molecule has 4 rings (SSSR count). The van der Waals surface area contributed by atoms with E-state index in [1.807, 2.05) is 4.90 Å². The number of hydrogen-bond donors (Lipinski definition) is 3. The third-order valence-electron chi connectivity index (χ3n) is 9.32. The van der Waals surface area contributed by atoms with Gasteiger partial charge >= 0.3 is 0 Å². The lowest BCUT2D eigenvalue weighted by atomic mass is 9.72. The Kier molecular flexibility index (Phi) is 11.3. The van der Waals surface area contributed by atoms with E-state index in [1.54, 1.807) is 18.5 Å². The van der Waals surface area contributed by atoms with Gasteiger partial charge in [0, 0.05) is 50.6 Å². The van der Waals surface area contributed by atoms with E-state index in [2.05, 4.69) is 41.1 Å². The number of nitrogens with two attached hydrogens (primary N) is 2. The number of rotatable bonds is 9. The van der Waals surface area contributed by atoms with E-state index < -0.39 is 24.3 Å². The number of piperazine rings is 1. The second-order valence-electron chi connectivity index (χ2n) is 12.9. The molecule has 1 aromatic heterocycles. The summed E-state index contributed by atoms with van der Waals surface area (Å²) in [5.41, 5.74) is 12.6. The number of carbonyl (C=O) groups is 2. The summed E-state index contributed by atoms with van der Waals surface area (Å²) in [4.78, 5) is 39.7. The molecule has 2 amide bonds. The zero-order valence-electron chi connectivity index (χ0n) is 25.5. The number of nitrogens with zero attached hydrogens (tertiary/aromatic N) is 4. The number of nitrogens with one attached hydrogen (secondary N) is 1. The van der Waals surface area contributed by atoms with Gasteiger partial charge in [-0.1, -0.05) is 20.3 Å². The summed E-state index contributed by atoms with van der Waals surface area (Å²) in [6.07, 6.45) is 8.92. The monoisotopic (exact) mass is 587 g/mol. The first-order valence-corrected chi connectivity index (χ1v) is 15.7. The van der Waals surface area contributed by atoms with Crippen LogP contribution in [0, 0.1) is 17.3 Å². The number of ether oxygens (including phenoxy) is 1. The number of alkyl halides is 1. The van der Waals surface area contributed by atoms with Crippen LogP contribution in [-0.2, 0) is 9.59 Å². The fraction of sp³-hybridized carbons (Fsp3) is 0.742. The van der Waals surface area contributed by atoms with Crippen LogP contribution >= 0.6 is 0 Å². The Morgan fingerprint density at radius 3 is 2.55 bits per heavy atom. The topological polar surface area (TPSA) is 139 Å². The molecule has 5 N–H and O–H groups in total. The summed E-state index contributed by atoms with van der Waals surface area (Å²) >= 11 is 0. The average molecular weight is 588 g/mol. The van der Waals surface area contributed by atoms with Crippen LogP contribution in [0.25, 0.3) is 0 Å². The van der Waals surface area contributed by atoms with Gasteiger partial charge in [0.25, 0.3) is 0 Å². The zero-order chi connectivity index (χ0) is 30.3. The lowest BCUT2D eigenvalue weighted by Gasteiger charge is -2.37. The van der Waals surface area contributed by atoms with Gasteiger partial charge in [-0.05, 0) is 63.8 Å². The van der Waals surface area contributed by atoms with Crippen molar-refractivity contribution in [3.63, 3.8) is 0 Å². The molecule has 4 unspecified atom stereocenters. The van der Waals surface area contributed by atoms with E-state index in [4.69, 9.17) is 16.2 Å². The molecule has 2 fully saturated rings. The van der Waals surface area contributed by atoms with Gasteiger partial charge in [0.2, 0.25) is 11.8 Å². The zero-order valence-corrected chi connectivity index (χ0v) is 25.5. The summed E-state index contributed by atoms with van der Waals surface area (Å²) in [6.45, 7) is 7.65. The van der Waals surface area contributed by atoms with Gasteiger partial charge in [-0.25, -0.2) is 4.39 Å². The molecule has 4 atom stereocenters. The highest BCUT2D eigenvalue weighted by atomic mass is 19.1. The van der Waals surface area contributed by atoms with Gasteiger partial charge in [-0.3, -0.25) is 19.6 Å². The predicted octanol–water partition coefficient (Wildman–Crippen LogP) is 3.36. The van der Waals surface area contributed by atoms with Crippen LogP contribution in [0.2, 0.25) is 0 Å². The first-order valence-electron chi connectivity index (χ1n) is 15.7. The van der Waals surface area contributed by atoms with Crippen molar-refractivity contribution < 1.29 is 18.7 Å². The van der Waals surface area contributed by atoms with Crippen LogP contribution in [0.4, 0.5) is 10.1 Å². The molecule has 3 aliphatic rings. The minimum Gasteiger partial charge on any atom is -0.488 e. The molecule has 11 heteroatoms. The Bertz CT molecular complexity index is 1070. The number of carbonyl (C=O) groups excluding carboxylic acids is 2. The highest BCUT2D eigenvalue weighted by Gasteiger charge is 2.39. The molecule has 0 bridgehead atoms. The highest BCUT2D eigenvalue weighted by molar-refractivity contribution is 5.94. The van der Waals surface area contributed by atoms with Crippen molar-refractivity contribution >= 4 is 23.7 Å². The van der Waals surface area contributed by atoms with Crippen LogP contribution in [0.3, 0.4) is 0 Å². The van der Waals surface area contributed by atoms with Crippen molar-refractivity contribution in [3.8, 4) is 5.75 Å². The molecular weight excluding hydrogens is 537 g/mol. The summed E-state index contributed by atoms with van der Waals surface area (Å²) in [5, 5.41) is 2.94. The molecule has 1 aliphatic carbocycles. The van der Waals surface area contributed by atoms with Gasteiger partial charge in [0.1, 0.15) is 17.6 Å². The molecule has 1 aromatic rings. The second-order valence-corrected chi connectivity index (χ2v) is 12.9. The maximum atomic E-state index is 14.5. The SMILES string of the molecule is CCCC1(C)CCC(F)C=NC(C(C(=O)Nc2cnccc2OC2CCC(C(=O)N3CCN(C)CC3)CC2)C(N)N)C1. The number of likely N-dealkylation sites (N-methyl/N-ethyl adjacent to an activating group) is 1. The minimum atomic E-state index is -1.16. The van der Waals surface area contributed by atoms with Gasteiger partial charge in [0.05, 0.1) is 30.4 Å². The van der Waals surface area contributed by atoms with Gasteiger partial charge in [-0.2, -0.15) is 0 Å². The third kappa shape index (κ3) is 8.48. The fourth-order valence-electron chi connectivity index (χ4n) is 6.77. The van der Waals surface area contributed by atoms with Crippen LogP contribution in [0.5, 0.6) is 5.75 Å². The molecule has 1 saturated heterocycles. The summed E-state index contributed by atoms with van der Waals surface area (Å²) in [7, 11) is 2.08. The molecule has 0 radical (unpaired) electrons. The maximum absolute atomic E-state index is 14.5. The smallest absolute Gasteiger partial charge is 0.232 e. The maximum Gasteiger partial charge on any atom is 0.232 e. The van der Waals surface area contributed by atoms with E-state index in [1.165, 1.54) is 6.21 Å². The number of anilines is 1. The van der Waals surface area contributed by atoms with E-state index in [0.29, 0.717) is 30.7 Å². The van der Waals surface area contributed by atoms with E-state index in [9.17, 15) is 14.0 Å². The van der Waals surface area contributed by atoms with Crippen LogP contribution in [0.15, 0.2) is 23.5 Å². The predicted molar refractivity (Wildman–Crippen MR) is 163 cm³/mol. The number of aliphatic imine (C=N–C) groups is 1. The molecule has 42 heavy (non-hydrogen) atoms. The lowest BCUT2D eigenvalue weighted by Crippen LogP contribution is -2.51. The summed E-state index contributed by atoms with van der Waals surface area (Å²) in [6, 6.07) is 1.18. The Labute approximate surface area is 249 Å². The van der Waals surface area contributed by atoms with Gasteiger partial charge in [0.15, 0.2) is 0 Å². The Hall–Kier alpha value is -2.63. The minimum absolute atomic E-state index is 0.0308. The highest BCUT2D eigenvalue weighted by Crippen LogP contribution is 2.39. The van der Waals surface area contributed by atoms with E-state index >= 15 is 0 Å². The van der Waals surface area contributed by atoms with Crippen molar-refractivity contribution in [3.05, 3.63) is 18.5 Å². The standard InChI is InChI=1S/C31H50FN7O3/c1-4-11-31(2)12-9-22(32)19-36-24(18-31)27(28(33)34)29(40)37-25-20-35-13-10-26(25)42-23-7-5-21(6-8-23)30(41)39-16-14-38(3)15-17-39/h10,13,19-24,27-28H,4-9,11-12,14-18,33-34H2,1-3H3,(H,37,40). The summed E-state index contributed by atoms with van der Waals surface area (Å²) in [5.74, 6) is -0.442. The molecule has 1 saturated carbocycles. The Morgan fingerprint density at radius 2 is 1.88 bits per heavy atom. The largest absolute Gasteiger partial charge is 0.488 e. The first kappa shape index (κ1) is 32.3. The first-order chi connectivity index (χ1) is 20.1. The normalized spacial score (nSPS) is 29.9. The number of pyridine rings is 1. The Morgan fingerprint density at radius 1 is 1.17 bits per heavy atom. The molecule has 234 valence electrons. The van der Waals surface area contributed by atoms with Crippen LogP contribution in [0.1, 0.15) is 71.6 Å².